The summed E-state index contributed by atoms with van der Waals surface area (Å²) in [6.45, 7) is 1.11. The van der Waals surface area contributed by atoms with Crippen LogP contribution in [0.2, 0.25) is 0 Å². The summed E-state index contributed by atoms with van der Waals surface area (Å²) in [5.41, 5.74) is 1.98. The lowest BCUT2D eigenvalue weighted by atomic mass is 10.2. The molecule has 0 radical (unpaired) electrons. The van der Waals surface area contributed by atoms with Crippen LogP contribution in [0.15, 0.2) is 45.9 Å². The third-order valence-corrected chi connectivity index (χ3v) is 4.14. The lowest BCUT2D eigenvalue weighted by Crippen LogP contribution is -2.36. The van der Waals surface area contributed by atoms with E-state index in [0.717, 1.165) is 15.6 Å². The van der Waals surface area contributed by atoms with Crippen LogP contribution >= 0.6 is 39.9 Å². The van der Waals surface area contributed by atoms with Crippen LogP contribution in [-0.4, -0.2) is 27.2 Å². The molecule has 0 unspecified atom stereocenters. The van der Waals surface area contributed by atoms with Gasteiger partial charge in [-0.05, 0) is 51.3 Å². The number of aliphatic imine (C=N–C) groups is 1. The molecule has 0 saturated carbocycles. The van der Waals surface area contributed by atoms with Crippen molar-refractivity contribution in [1.29, 1.82) is 0 Å². The monoisotopic (exact) mass is 537 g/mol. The summed E-state index contributed by atoms with van der Waals surface area (Å²) in [5, 5.41) is 6.42. The maximum atomic E-state index is 12.9. The highest BCUT2D eigenvalue weighted by atomic mass is 127. The molecule has 26 heavy (non-hydrogen) atoms. The van der Waals surface area contributed by atoms with Crippen molar-refractivity contribution >= 4 is 45.9 Å². The van der Waals surface area contributed by atoms with Gasteiger partial charge in [0, 0.05) is 20.1 Å². The van der Waals surface area contributed by atoms with E-state index in [1.54, 1.807) is 33.4 Å². The molecule has 2 N–H and O–H groups in total. The summed E-state index contributed by atoms with van der Waals surface area (Å²) < 4.78 is 24.4. The number of guanidine groups is 1. The van der Waals surface area contributed by atoms with Gasteiger partial charge in [-0.2, -0.15) is 0 Å². The van der Waals surface area contributed by atoms with Crippen LogP contribution in [0.3, 0.4) is 0 Å². The minimum Gasteiger partial charge on any atom is -0.493 e. The topological polar surface area (TPSA) is 54.9 Å². The number of nitrogens with zero attached hydrogens (tertiary/aromatic N) is 1. The van der Waals surface area contributed by atoms with Gasteiger partial charge >= 0.3 is 0 Å². The zero-order chi connectivity index (χ0) is 18.2. The average molecular weight is 538 g/mol. The van der Waals surface area contributed by atoms with Crippen LogP contribution in [0, 0.1) is 5.82 Å². The minimum absolute atomic E-state index is 0. The maximum Gasteiger partial charge on any atom is 0.191 e. The Balaban J connectivity index is 0.00000338. The van der Waals surface area contributed by atoms with Crippen molar-refractivity contribution in [2.75, 3.05) is 21.3 Å². The van der Waals surface area contributed by atoms with E-state index in [4.69, 9.17) is 9.47 Å². The largest absolute Gasteiger partial charge is 0.493 e. The molecule has 0 fully saturated rings. The lowest BCUT2D eigenvalue weighted by Gasteiger charge is -2.14. The summed E-state index contributed by atoms with van der Waals surface area (Å²) >= 11 is 3.48. The van der Waals surface area contributed by atoms with Gasteiger partial charge in [-0.3, -0.25) is 4.99 Å². The van der Waals surface area contributed by atoms with E-state index in [9.17, 15) is 4.39 Å². The van der Waals surface area contributed by atoms with Gasteiger partial charge in [0.2, 0.25) is 0 Å². The van der Waals surface area contributed by atoms with Crippen molar-refractivity contribution in [2.45, 2.75) is 13.1 Å². The molecule has 0 amide bonds. The molecule has 0 atom stereocenters. The fourth-order valence-corrected chi connectivity index (χ4v) is 2.92. The van der Waals surface area contributed by atoms with Crippen molar-refractivity contribution in [3.05, 3.63) is 57.8 Å². The highest BCUT2D eigenvalue weighted by molar-refractivity contribution is 14.0. The van der Waals surface area contributed by atoms with Gasteiger partial charge in [0.25, 0.3) is 0 Å². The molecule has 2 aromatic rings. The van der Waals surface area contributed by atoms with Crippen molar-refractivity contribution in [2.24, 2.45) is 4.99 Å². The van der Waals surface area contributed by atoms with E-state index in [-0.39, 0.29) is 29.8 Å². The molecule has 0 aliphatic carbocycles. The number of methoxy groups -OCH3 is 2. The number of ether oxygens (including phenoxy) is 2. The van der Waals surface area contributed by atoms with Crippen LogP contribution in [0.25, 0.3) is 0 Å². The highest BCUT2D eigenvalue weighted by Crippen LogP contribution is 2.36. The smallest absolute Gasteiger partial charge is 0.191 e. The molecule has 0 saturated heterocycles. The summed E-state index contributed by atoms with van der Waals surface area (Å²) in [4.78, 5) is 4.19. The van der Waals surface area contributed by atoms with Crippen molar-refractivity contribution in [3.63, 3.8) is 0 Å². The van der Waals surface area contributed by atoms with Crippen molar-refractivity contribution in [3.8, 4) is 11.5 Å². The minimum atomic E-state index is -0.245. The van der Waals surface area contributed by atoms with E-state index in [1.165, 1.54) is 12.1 Å². The Bertz CT molecular complexity index is 742. The molecule has 0 spiro atoms. The number of hydrogen-bond acceptors (Lipinski definition) is 3. The van der Waals surface area contributed by atoms with Gasteiger partial charge in [0.05, 0.1) is 18.7 Å². The first-order chi connectivity index (χ1) is 12.1. The SMILES string of the molecule is CN=C(NCc1ccc(F)cc1)NCc1cc(Br)c(OC)c(OC)c1.I. The number of rotatable bonds is 6. The second-order valence-corrected chi connectivity index (χ2v) is 6.07. The molecular weight excluding hydrogens is 516 g/mol. The van der Waals surface area contributed by atoms with Crippen molar-refractivity contribution in [1.82, 2.24) is 10.6 Å². The fraction of sp³-hybridized carbons (Fsp3) is 0.278. The second-order valence-electron chi connectivity index (χ2n) is 5.22. The Labute approximate surface area is 178 Å². The van der Waals surface area contributed by atoms with E-state index in [1.807, 2.05) is 12.1 Å². The molecule has 0 heterocycles. The molecule has 0 aliphatic rings. The zero-order valence-corrected chi connectivity index (χ0v) is 18.7. The van der Waals surface area contributed by atoms with Gasteiger partial charge in [-0.1, -0.05) is 12.1 Å². The normalized spacial score (nSPS) is 10.7. The Hall–Kier alpha value is -1.55. The Kier molecular flexibility index (Phi) is 9.71. The Morgan fingerprint density at radius 2 is 1.65 bits per heavy atom. The summed E-state index contributed by atoms with van der Waals surface area (Å²) in [5.74, 6) is 1.72. The Morgan fingerprint density at radius 1 is 1.04 bits per heavy atom. The van der Waals surface area contributed by atoms with Gasteiger partial charge in [0.1, 0.15) is 5.82 Å². The molecular formula is C18H22BrFIN3O2. The first kappa shape index (κ1) is 22.5. The predicted molar refractivity (Wildman–Crippen MR) is 116 cm³/mol. The number of nitrogens with one attached hydrogen (secondary N) is 2. The molecule has 8 heteroatoms. The fourth-order valence-electron chi connectivity index (χ4n) is 2.27. The van der Waals surface area contributed by atoms with Gasteiger partial charge in [-0.15, -0.1) is 24.0 Å². The molecule has 142 valence electrons. The molecule has 2 rings (SSSR count). The summed E-state index contributed by atoms with van der Waals surface area (Å²) in [6.07, 6.45) is 0. The van der Waals surface area contributed by atoms with Gasteiger partial charge in [-0.25, -0.2) is 4.39 Å². The summed E-state index contributed by atoms with van der Waals surface area (Å²) in [7, 11) is 4.90. The van der Waals surface area contributed by atoms with E-state index >= 15 is 0 Å². The van der Waals surface area contributed by atoms with Gasteiger partial charge in [0.15, 0.2) is 17.5 Å². The molecule has 0 aliphatic heterocycles. The third kappa shape index (κ3) is 6.31. The summed E-state index contributed by atoms with van der Waals surface area (Å²) in [6, 6.07) is 10.2. The average Bonchev–Trinajstić information content (AvgIpc) is 2.62. The predicted octanol–water partition coefficient (Wildman–Crippen LogP) is 4.09. The van der Waals surface area contributed by atoms with Crippen LogP contribution in [0.1, 0.15) is 11.1 Å². The lowest BCUT2D eigenvalue weighted by molar-refractivity contribution is 0.352. The van der Waals surface area contributed by atoms with Crippen LogP contribution < -0.4 is 20.1 Å². The van der Waals surface area contributed by atoms with E-state index in [0.29, 0.717) is 30.5 Å². The highest BCUT2D eigenvalue weighted by Gasteiger charge is 2.10. The molecule has 0 bridgehead atoms. The van der Waals surface area contributed by atoms with Crippen LogP contribution in [-0.2, 0) is 13.1 Å². The molecule has 2 aromatic carbocycles. The standard InChI is InChI=1S/C18H21BrFN3O2.HI/c1-21-18(22-10-12-4-6-14(20)7-5-12)23-11-13-8-15(19)17(25-3)16(9-13)24-2;/h4-9H,10-11H2,1-3H3,(H2,21,22,23);1H. The van der Waals surface area contributed by atoms with Crippen LogP contribution in [0.5, 0.6) is 11.5 Å². The number of halogens is 3. The van der Waals surface area contributed by atoms with Crippen LogP contribution in [0.4, 0.5) is 4.39 Å². The second kappa shape index (κ2) is 11.2. The molecule has 0 aromatic heterocycles. The first-order valence-corrected chi connectivity index (χ1v) is 8.46. The molecule has 5 nitrogen and oxygen atoms in total. The Morgan fingerprint density at radius 3 is 2.19 bits per heavy atom. The van der Waals surface area contributed by atoms with Gasteiger partial charge < -0.3 is 20.1 Å². The first-order valence-electron chi connectivity index (χ1n) is 7.66. The maximum absolute atomic E-state index is 12.9. The number of hydrogen-bond donors (Lipinski definition) is 2. The number of benzene rings is 2. The third-order valence-electron chi connectivity index (χ3n) is 3.55. The van der Waals surface area contributed by atoms with E-state index < -0.39 is 0 Å². The van der Waals surface area contributed by atoms with Crippen molar-refractivity contribution < 1.29 is 13.9 Å². The quantitative estimate of drug-likeness (QED) is 0.331. The van der Waals surface area contributed by atoms with E-state index in [2.05, 4.69) is 31.6 Å². The zero-order valence-electron chi connectivity index (χ0n) is 14.8.